The Labute approximate surface area is 95.5 Å². The lowest BCUT2D eigenvalue weighted by atomic mass is 9.97. The van der Waals surface area contributed by atoms with Crippen molar-refractivity contribution in [2.45, 2.75) is 39.5 Å². The Kier molecular flexibility index (Phi) is 2.74. The Morgan fingerprint density at radius 2 is 2.19 bits per heavy atom. The van der Waals surface area contributed by atoms with Crippen LogP contribution in [0.2, 0.25) is 0 Å². The number of nitrogens with one attached hydrogen (secondary N) is 2. The van der Waals surface area contributed by atoms with E-state index < -0.39 is 0 Å². The predicted octanol–water partition coefficient (Wildman–Crippen LogP) is 2.11. The lowest BCUT2D eigenvalue weighted by molar-refractivity contribution is 0.442. The van der Waals surface area contributed by atoms with E-state index in [9.17, 15) is 4.79 Å². The van der Waals surface area contributed by atoms with E-state index in [-0.39, 0.29) is 11.0 Å². The standard InChI is InChI=1S/C12H19N3O/c1-12(2,3)7-13-9-6-10(16)15-11(14-9)8-4-5-8/h6,8H,4-5,7H2,1-3H3,(H2,13,14,15,16). The van der Waals surface area contributed by atoms with Crippen molar-refractivity contribution in [3.05, 3.63) is 22.2 Å². The molecule has 0 spiro atoms. The fraction of sp³-hybridized carbons (Fsp3) is 0.667. The number of rotatable bonds is 3. The molecule has 0 aromatic carbocycles. The summed E-state index contributed by atoms with van der Waals surface area (Å²) in [4.78, 5) is 18.7. The summed E-state index contributed by atoms with van der Waals surface area (Å²) in [6.45, 7) is 7.26. The first-order chi connectivity index (χ1) is 7.44. The molecule has 4 heteroatoms. The number of H-pyrrole nitrogens is 1. The molecule has 0 amide bonds. The van der Waals surface area contributed by atoms with E-state index >= 15 is 0 Å². The van der Waals surface area contributed by atoms with Gasteiger partial charge in [0, 0.05) is 18.5 Å². The van der Waals surface area contributed by atoms with Crippen LogP contribution in [0.3, 0.4) is 0 Å². The summed E-state index contributed by atoms with van der Waals surface area (Å²) in [7, 11) is 0. The zero-order chi connectivity index (χ0) is 11.8. The molecule has 1 aromatic rings. The van der Waals surface area contributed by atoms with Gasteiger partial charge in [0.2, 0.25) is 0 Å². The molecule has 0 saturated heterocycles. The number of hydrogen-bond donors (Lipinski definition) is 2. The van der Waals surface area contributed by atoms with Crippen molar-refractivity contribution >= 4 is 5.82 Å². The molecule has 1 aromatic heterocycles. The molecule has 0 unspecified atom stereocenters. The van der Waals surface area contributed by atoms with Crippen LogP contribution >= 0.6 is 0 Å². The Bertz CT molecular complexity index is 427. The van der Waals surface area contributed by atoms with Crippen LogP contribution in [0.25, 0.3) is 0 Å². The summed E-state index contributed by atoms with van der Waals surface area (Å²) in [6.07, 6.45) is 2.29. The van der Waals surface area contributed by atoms with E-state index in [2.05, 4.69) is 36.1 Å². The van der Waals surface area contributed by atoms with Gasteiger partial charge in [0.15, 0.2) is 0 Å². The van der Waals surface area contributed by atoms with Gasteiger partial charge in [0.25, 0.3) is 5.56 Å². The lowest BCUT2D eigenvalue weighted by Crippen LogP contribution is -2.21. The van der Waals surface area contributed by atoms with Gasteiger partial charge in [-0.1, -0.05) is 20.8 Å². The highest BCUT2D eigenvalue weighted by atomic mass is 16.1. The van der Waals surface area contributed by atoms with Crippen molar-refractivity contribution in [2.75, 3.05) is 11.9 Å². The molecule has 88 valence electrons. The molecule has 2 N–H and O–H groups in total. The van der Waals surface area contributed by atoms with E-state index in [0.717, 1.165) is 25.2 Å². The normalized spacial score (nSPS) is 16.2. The smallest absolute Gasteiger partial charge is 0.252 e. The highest BCUT2D eigenvalue weighted by molar-refractivity contribution is 5.34. The first-order valence-electron chi connectivity index (χ1n) is 5.79. The van der Waals surface area contributed by atoms with E-state index in [4.69, 9.17) is 0 Å². The molecule has 1 fully saturated rings. The van der Waals surface area contributed by atoms with Crippen LogP contribution in [0.1, 0.15) is 45.4 Å². The minimum atomic E-state index is -0.0618. The SMILES string of the molecule is CC(C)(C)CNc1cc(=O)[nH]c(C2CC2)n1. The molecule has 0 radical (unpaired) electrons. The first kappa shape index (κ1) is 11.2. The summed E-state index contributed by atoms with van der Waals surface area (Å²) >= 11 is 0. The van der Waals surface area contributed by atoms with Crippen LogP contribution in [0.4, 0.5) is 5.82 Å². The van der Waals surface area contributed by atoms with Crippen molar-refractivity contribution in [2.24, 2.45) is 5.41 Å². The van der Waals surface area contributed by atoms with Gasteiger partial charge in [-0.15, -0.1) is 0 Å². The van der Waals surface area contributed by atoms with Crippen LogP contribution in [0.15, 0.2) is 10.9 Å². The van der Waals surface area contributed by atoms with Gasteiger partial charge >= 0.3 is 0 Å². The summed E-state index contributed by atoms with van der Waals surface area (Å²) in [5.41, 5.74) is 0.123. The van der Waals surface area contributed by atoms with Gasteiger partial charge in [-0.3, -0.25) is 4.79 Å². The van der Waals surface area contributed by atoms with E-state index in [1.54, 1.807) is 0 Å². The Hall–Kier alpha value is -1.32. The highest BCUT2D eigenvalue weighted by Gasteiger charge is 2.26. The maximum absolute atomic E-state index is 11.4. The van der Waals surface area contributed by atoms with Gasteiger partial charge in [0.1, 0.15) is 11.6 Å². The number of aromatic amines is 1. The van der Waals surface area contributed by atoms with E-state index in [1.165, 1.54) is 6.07 Å². The second-order valence-electron chi connectivity index (χ2n) is 5.70. The molecule has 1 heterocycles. The molecule has 0 aliphatic heterocycles. The minimum absolute atomic E-state index is 0.0618. The van der Waals surface area contributed by atoms with Crippen LogP contribution in [-0.4, -0.2) is 16.5 Å². The molecule has 4 nitrogen and oxygen atoms in total. The van der Waals surface area contributed by atoms with Crippen molar-refractivity contribution in [1.29, 1.82) is 0 Å². The number of anilines is 1. The average Bonchev–Trinajstić information content (AvgIpc) is 2.95. The summed E-state index contributed by atoms with van der Waals surface area (Å²) in [6, 6.07) is 1.53. The van der Waals surface area contributed by atoms with Crippen molar-refractivity contribution in [3.63, 3.8) is 0 Å². The molecular weight excluding hydrogens is 202 g/mol. The van der Waals surface area contributed by atoms with Crippen LogP contribution < -0.4 is 10.9 Å². The minimum Gasteiger partial charge on any atom is -0.369 e. The van der Waals surface area contributed by atoms with Crippen LogP contribution in [-0.2, 0) is 0 Å². The van der Waals surface area contributed by atoms with Gasteiger partial charge in [-0.05, 0) is 18.3 Å². The summed E-state index contributed by atoms with van der Waals surface area (Å²) < 4.78 is 0. The maximum atomic E-state index is 11.4. The fourth-order valence-corrected chi connectivity index (χ4v) is 1.47. The molecule has 1 saturated carbocycles. The average molecular weight is 221 g/mol. The second kappa shape index (κ2) is 3.92. The Morgan fingerprint density at radius 3 is 2.75 bits per heavy atom. The number of nitrogens with zero attached hydrogens (tertiary/aromatic N) is 1. The summed E-state index contributed by atoms with van der Waals surface area (Å²) in [5, 5.41) is 3.22. The van der Waals surface area contributed by atoms with Crippen molar-refractivity contribution in [1.82, 2.24) is 9.97 Å². The summed E-state index contributed by atoms with van der Waals surface area (Å²) in [5.74, 6) is 2.01. The van der Waals surface area contributed by atoms with E-state index in [1.807, 2.05) is 0 Å². The van der Waals surface area contributed by atoms with Crippen LogP contribution in [0.5, 0.6) is 0 Å². The topological polar surface area (TPSA) is 57.8 Å². The quantitative estimate of drug-likeness (QED) is 0.821. The van der Waals surface area contributed by atoms with Gasteiger partial charge < -0.3 is 10.3 Å². The largest absolute Gasteiger partial charge is 0.369 e. The Balaban J connectivity index is 2.11. The Morgan fingerprint density at radius 1 is 1.50 bits per heavy atom. The molecule has 0 atom stereocenters. The van der Waals surface area contributed by atoms with Gasteiger partial charge in [-0.2, -0.15) is 0 Å². The highest BCUT2D eigenvalue weighted by Crippen LogP contribution is 2.37. The lowest BCUT2D eigenvalue weighted by Gasteiger charge is -2.19. The molecule has 0 bridgehead atoms. The third-order valence-corrected chi connectivity index (χ3v) is 2.52. The first-order valence-corrected chi connectivity index (χ1v) is 5.79. The zero-order valence-corrected chi connectivity index (χ0v) is 10.1. The molecular formula is C12H19N3O. The second-order valence-corrected chi connectivity index (χ2v) is 5.70. The third kappa shape index (κ3) is 3.08. The van der Waals surface area contributed by atoms with E-state index in [0.29, 0.717) is 11.7 Å². The van der Waals surface area contributed by atoms with Crippen LogP contribution in [0, 0.1) is 5.41 Å². The molecule has 1 aliphatic carbocycles. The maximum Gasteiger partial charge on any atom is 0.252 e. The fourth-order valence-electron chi connectivity index (χ4n) is 1.47. The third-order valence-electron chi connectivity index (χ3n) is 2.52. The zero-order valence-electron chi connectivity index (χ0n) is 10.1. The molecule has 2 rings (SSSR count). The number of hydrogen-bond acceptors (Lipinski definition) is 3. The van der Waals surface area contributed by atoms with Crippen molar-refractivity contribution in [3.8, 4) is 0 Å². The van der Waals surface area contributed by atoms with Gasteiger partial charge in [-0.25, -0.2) is 4.98 Å². The predicted molar refractivity (Wildman–Crippen MR) is 64.8 cm³/mol. The van der Waals surface area contributed by atoms with Gasteiger partial charge in [0.05, 0.1) is 0 Å². The molecule has 16 heavy (non-hydrogen) atoms. The monoisotopic (exact) mass is 221 g/mol. The molecule has 1 aliphatic rings. The van der Waals surface area contributed by atoms with Crippen molar-refractivity contribution < 1.29 is 0 Å². The number of aromatic nitrogens is 2.